The number of carbonyl (C=O) groups excluding carboxylic acids is 2. The number of ether oxygens (including phenoxy) is 5. The topological polar surface area (TPSA) is 178 Å². The van der Waals surface area contributed by atoms with E-state index in [-0.39, 0.29) is 56.0 Å². The third-order valence-electron chi connectivity index (χ3n) is 13.3. The smallest absolute Gasteiger partial charge is 0.254 e. The van der Waals surface area contributed by atoms with Crippen molar-refractivity contribution in [2.75, 3.05) is 86.0 Å². The lowest BCUT2D eigenvalue weighted by Gasteiger charge is -2.40. The van der Waals surface area contributed by atoms with Crippen molar-refractivity contribution in [2.24, 2.45) is 13.0 Å². The Bertz CT molecular complexity index is 2430. The van der Waals surface area contributed by atoms with Crippen molar-refractivity contribution in [1.82, 2.24) is 40.0 Å². The molecule has 0 radical (unpaired) electrons. The highest BCUT2D eigenvalue weighted by Crippen LogP contribution is 2.39. The van der Waals surface area contributed by atoms with Gasteiger partial charge in [-0.2, -0.15) is 0 Å². The number of nitrogens with one attached hydrogen (secondary N) is 2. The van der Waals surface area contributed by atoms with Crippen LogP contribution in [0, 0.1) is 17.6 Å². The van der Waals surface area contributed by atoms with Crippen LogP contribution in [0.3, 0.4) is 0 Å². The maximum Gasteiger partial charge on any atom is 0.254 e. The number of piperidine rings is 1. The highest BCUT2D eigenvalue weighted by atomic mass is 32.1. The molecule has 20 heteroatoms. The normalized spacial score (nSPS) is 18.2. The SMILES string of the molecule is CN[C@@H](C)C(=O)N[C@H](C(=O)N1CCN(C(O)c2c(OCCOCCOCCOc3cc(CN4CCC(Oc5ccnc6ccsc56)CC4)on3)c3cc(F)c(F)cc3n2C)CC1)C1CCCCC1. The quantitative estimate of drug-likeness (QED) is 0.0752. The third kappa shape index (κ3) is 12.1. The first-order valence-electron chi connectivity index (χ1n) is 23.8. The standard InChI is InChI=1S/C48H64F2N8O9S/c1-31(51-2)46(59)53-42(32-7-5-4-6-8-32)47(60)57-16-18-58(19-17-57)48(61)43-44(35-28-36(49)37(50)29-39(35)55(43)3)65-25-23-63-21-20-62-22-24-64-41-27-34(67-54-41)30-56-14-10-33(11-15-56)66-40-9-13-52-38-12-26-68-45(38)40/h9,12-13,26-29,31-33,42,48,51,61H,4-8,10-11,14-25,30H2,1-3H3,(H,53,59)/t31-,42-,48?/m0/s1. The number of rotatable bonds is 22. The number of fused-ring (bicyclic) bond motifs is 2. The largest absolute Gasteiger partial charge is 0.489 e. The number of aromatic nitrogens is 3. The molecular weight excluding hydrogens is 903 g/mol. The Hall–Kier alpha value is -4.96. The Morgan fingerprint density at radius 1 is 0.912 bits per heavy atom. The van der Waals surface area contributed by atoms with Crippen LogP contribution in [0.1, 0.15) is 69.6 Å². The predicted octanol–water partition coefficient (Wildman–Crippen LogP) is 5.40. The molecule has 2 amide bonds. The van der Waals surface area contributed by atoms with Gasteiger partial charge in [0.25, 0.3) is 5.88 Å². The number of benzene rings is 1. The van der Waals surface area contributed by atoms with Crippen LogP contribution in [0.5, 0.6) is 17.4 Å². The second-order valence-electron chi connectivity index (χ2n) is 17.8. The number of aliphatic hydroxyl groups excluding tert-OH is 1. The number of aryl methyl sites for hydroxylation is 1. The van der Waals surface area contributed by atoms with Crippen molar-refractivity contribution < 1.29 is 51.7 Å². The molecule has 1 saturated carbocycles. The number of thiophene rings is 1. The van der Waals surface area contributed by atoms with Gasteiger partial charge >= 0.3 is 0 Å². The Morgan fingerprint density at radius 3 is 2.35 bits per heavy atom. The van der Waals surface area contributed by atoms with Gasteiger partial charge in [0.05, 0.1) is 54.7 Å². The molecule has 4 aromatic heterocycles. The van der Waals surface area contributed by atoms with Gasteiger partial charge in [-0.25, -0.2) is 8.78 Å². The van der Waals surface area contributed by atoms with E-state index >= 15 is 0 Å². The number of hydrogen-bond donors (Lipinski definition) is 3. The van der Waals surface area contributed by atoms with Crippen molar-refractivity contribution in [3.8, 4) is 17.4 Å². The van der Waals surface area contributed by atoms with Crippen LogP contribution in [0.15, 0.2) is 46.4 Å². The lowest BCUT2D eigenvalue weighted by Crippen LogP contribution is -2.59. The zero-order valence-electron chi connectivity index (χ0n) is 39.1. The van der Waals surface area contributed by atoms with Gasteiger partial charge in [-0.3, -0.25) is 24.4 Å². The molecular formula is C48H64F2N8O9S. The zero-order chi connectivity index (χ0) is 47.6. The number of hydrogen-bond acceptors (Lipinski definition) is 15. The van der Waals surface area contributed by atoms with Gasteiger partial charge in [0, 0.05) is 70.0 Å². The molecule has 8 rings (SSSR count). The highest BCUT2D eigenvalue weighted by Gasteiger charge is 2.37. The van der Waals surface area contributed by atoms with Crippen molar-refractivity contribution in [3.05, 3.63) is 65.0 Å². The molecule has 0 bridgehead atoms. The van der Waals surface area contributed by atoms with E-state index in [2.05, 4.69) is 25.7 Å². The minimum Gasteiger partial charge on any atom is -0.489 e. The van der Waals surface area contributed by atoms with Gasteiger partial charge in [-0.1, -0.05) is 19.3 Å². The molecule has 1 unspecified atom stereocenters. The summed E-state index contributed by atoms with van der Waals surface area (Å²) in [5.74, 6) is -0.0908. The first kappa shape index (κ1) is 49.5. The second kappa shape index (κ2) is 23.6. The summed E-state index contributed by atoms with van der Waals surface area (Å²) in [5.41, 5.74) is 1.64. The first-order chi connectivity index (χ1) is 33.1. The fourth-order valence-electron chi connectivity index (χ4n) is 9.37. The van der Waals surface area contributed by atoms with Crippen LogP contribution in [0.2, 0.25) is 0 Å². The lowest BCUT2D eigenvalue weighted by molar-refractivity contribution is -0.142. The molecule has 1 aliphatic carbocycles. The van der Waals surface area contributed by atoms with Crippen LogP contribution >= 0.6 is 11.3 Å². The predicted molar refractivity (Wildman–Crippen MR) is 251 cm³/mol. The average molecular weight is 967 g/mol. The number of likely N-dealkylation sites (tertiary alicyclic amines) is 1. The number of halogens is 2. The van der Waals surface area contributed by atoms with Crippen molar-refractivity contribution in [3.63, 3.8) is 0 Å². The average Bonchev–Trinajstić information content (AvgIpc) is 4.10. The molecule has 68 heavy (non-hydrogen) atoms. The molecule has 370 valence electrons. The summed E-state index contributed by atoms with van der Waals surface area (Å²) in [6.07, 6.45) is 7.46. The number of amides is 2. The zero-order valence-corrected chi connectivity index (χ0v) is 39.9. The van der Waals surface area contributed by atoms with Gasteiger partial charge < -0.3 is 53.4 Å². The van der Waals surface area contributed by atoms with Gasteiger partial charge in [0.2, 0.25) is 11.8 Å². The lowest BCUT2D eigenvalue weighted by atomic mass is 9.83. The number of piperazine rings is 1. The maximum absolute atomic E-state index is 14.6. The van der Waals surface area contributed by atoms with E-state index in [1.54, 1.807) is 54.1 Å². The molecule has 3 fully saturated rings. The van der Waals surface area contributed by atoms with E-state index in [9.17, 15) is 23.5 Å². The molecule has 17 nitrogen and oxygen atoms in total. The van der Waals surface area contributed by atoms with E-state index in [1.165, 1.54) is 0 Å². The van der Waals surface area contributed by atoms with Gasteiger partial charge in [0.1, 0.15) is 36.8 Å². The Labute approximate surface area is 398 Å². The second-order valence-corrected chi connectivity index (χ2v) is 18.7. The summed E-state index contributed by atoms with van der Waals surface area (Å²) in [6.45, 7) is 6.83. The van der Waals surface area contributed by atoms with E-state index < -0.39 is 29.9 Å². The third-order valence-corrected chi connectivity index (χ3v) is 14.3. The number of likely N-dealkylation sites (N-methyl/N-ethyl adjacent to an activating group) is 1. The molecule has 2 aliphatic heterocycles. The number of carbonyl (C=O) groups is 2. The summed E-state index contributed by atoms with van der Waals surface area (Å²) in [7, 11) is 3.38. The number of aliphatic hydroxyl groups is 1. The molecule has 2 saturated heterocycles. The van der Waals surface area contributed by atoms with Crippen molar-refractivity contribution in [2.45, 2.75) is 82.8 Å². The van der Waals surface area contributed by atoms with E-state index in [0.717, 1.165) is 91.9 Å². The monoisotopic (exact) mass is 966 g/mol. The first-order valence-corrected chi connectivity index (χ1v) is 24.7. The highest BCUT2D eigenvalue weighted by molar-refractivity contribution is 7.17. The van der Waals surface area contributed by atoms with Crippen molar-refractivity contribution in [1.29, 1.82) is 0 Å². The summed E-state index contributed by atoms with van der Waals surface area (Å²) in [4.78, 5) is 37.2. The molecule has 6 heterocycles. The van der Waals surface area contributed by atoms with Crippen molar-refractivity contribution >= 4 is 44.3 Å². The van der Waals surface area contributed by atoms with Crippen LogP contribution in [0.25, 0.3) is 21.1 Å². The summed E-state index contributed by atoms with van der Waals surface area (Å²) in [6, 6.07) is 6.85. The van der Waals surface area contributed by atoms with E-state index in [1.807, 2.05) is 22.4 Å². The molecule has 5 aromatic rings. The summed E-state index contributed by atoms with van der Waals surface area (Å²) in [5, 5.41) is 24.2. The minimum atomic E-state index is -1.21. The summed E-state index contributed by atoms with van der Waals surface area (Å²) >= 11 is 1.65. The Morgan fingerprint density at radius 2 is 1.62 bits per heavy atom. The number of nitrogens with zero attached hydrogens (tertiary/aromatic N) is 6. The fourth-order valence-corrected chi connectivity index (χ4v) is 10.2. The van der Waals surface area contributed by atoms with Crippen LogP contribution in [-0.4, -0.2) is 150 Å². The van der Waals surface area contributed by atoms with Crippen LogP contribution in [0.4, 0.5) is 8.78 Å². The van der Waals surface area contributed by atoms with Crippen LogP contribution in [-0.2, 0) is 32.7 Å². The number of pyridine rings is 1. The van der Waals surface area contributed by atoms with Gasteiger partial charge in [-0.05, 0) is 74.3 Å². The fraction of sp³-hybridized carbons (Fsp3) is 0.583. The Balaban J connectivity index is 0.750. The summed E-state index contributed by atoms with van der Waals surface area (Å²) < 4.78 is 67.1. The maximum atomic E-state index is 14.6. The van der Waals surface area contributed by atoms with Gasteiger partial charge in [0.15, 0.2) is 29.4 Å². The van der Waals surface area contributed by atoms with Crippen LogP contribution < -0.4 is 24.8 Å². The molecule has 1 aromatic carbocycles. The van der Waals surface area contributed by atoms with Gasteiger partial charge in [-0.15, -0.1) is 11.3 Å². The molecule has 0 spiro atoms. The molecule has 3 atom stereocenters. The van der Waals surface area contributed by atoms with E-state index in [4.69, 9.17) is 28.2 Å². The van der Waals surface area contributed by atoms with E-state index in [0.29, 0.717) is 68.4 Å². The molecule has 3 N–H and O–H groups in total. The molecule has 3 aliphatic rings. The minimum absolute atomic E-state index is 0.0606. The Kier molecular flexibility index (Phi) is 17.1.